The highest BCUT2D eigenvalue weighted by Gasteiger charge is 2.27. The molecule has 1 aromatic heterocycles. The Labute approximate surface area is 186 Å². The molecular weight excluding hydrogens is 390 g/mol. The SMILES string of the molecule is Cc1ccccc1CN1CCN(Cc2ccc(CN3CCCCC3)s2)CC1CCO. The second-order valence-electron chi connectivity index (χ2n) is 9.00. The summed E-state index contributed by atoms with van der Waals surface area (Å²) in [6.07, 6.45) is 4.97. The van der Waals surface area contributed by atoms with Crippen molar-refractivity contribution >= 4 is 11.3 Å². The Hall–Kier alpha value is -1.24. The number of rotatable bonds is 8. The smallest absolute Gasteiger partial charge is 0.0446 e. The molecule has 2 saturated heterocycles. The van der Waals surface area contributed by atoms with Gasteiger partial charge in [-0.2, -0.15) is 0 Å². The van der Waals surface area contributed by atoms with E-state index < -0.39 is 0 Å². The Bertz CT molecular complexity index is 786. The van der Waals surface area contributed by atoms with Gasteiger partial charge >= 0.3 is 0 Å². The van der Waals surface area contributed by atoms with Crippen LogP contribution >= 0.6 is 11.3 Å². The molecule has 2 fully saturated rings. The highest BCUT2D eigenvalue weighted by atomic mass is 32.1. The molecule has 0 spiro atoms. The summed E-state index contributed by atoms with van der Waals surface area (Å²) in [6, 6.07) is 13.8. The molecule has 2 aliphatic heterocycles. The lowest BCUT2D eigenvalue weighted by Crippen LogP contribution is -2.52. The van der Waals surface area contributed by atoms with E-state index in [1.165, 1.54) is 53.2 Å². The first kappa shape index (κ1) is 22.0. The molecule has 1 atom stereocenters. The summed E-state index contributed by atoms with van der Waals surface area (Å²) in [7, 11) is 0. The number of nitrogens with zero attached hydrogens (tertiary/aromatic N) is 3. The number of thiophene rings is 1. The van der Waals surface area contributed by atoms with Crippen molar-refractivity contribution in [3.05, 3.63) is 57.3 Å². The van der Waals surface area contributed by atoms with Gasteiger partial charge in [0, 0.05) is 61.7 Å². The summed E-state index contributed by atoms with van der Waals surface area (Å²) < 4.78 is 0. The Balaban J connectivity index is 1.32. The van der Waals surface area contributed by atoms with Crippen LogP contribution in [0, 0.1) is 6.92 Å². The minimum Gasteiger partial charge on any atom is -0.396 e. The Morgan fingerprint density at radius 1 is 0.867 bits per heavy atom. The third kappa shape index (κ3) is 5.92. The fourth-order valence-corrected chi connectivity index (χ4v) is 5.99. The van der Waals surface area contributed by atoms with Crippen LogP contribution < -0.4 is 0 Å². The molecule has 1 unspecified atom stereocenters. The average Bonchev–Trinajstić information content (AvgIpc) is 3.19. The number of aliphatic hydroxyl groups excluding tert-OH is 1. The maximum Gasteiger partial charge on any atom is 0.0446 e. The van der Waals surface area contributed by atoms with Gasteiger partial charge in [-0.05, 0) is 62.5 Å². The van der Waals surface area contributed by atoms with Crippen LogP contribution in [-0.2, 0) is 19.6 Å². The zero-order chi connectivity index (χ0) is 20.8. The van der Waals surface area contributed by atoms with Crippen LogP contribution in [-0.4, -0.2) is 65.2 Å². The lowest BCUT2D eigenvalue weighted by molar-refractivity contribution is 0.0503. The molecule has 164 valence electrons. The van der Waals surface area contributed by atoms with E-state index in [1.54, 1.807) is 0 Å². The molecule has 4 rings (SSSR count). The third-order valence-corrected chi connectivity index (χ3v) is 7.77. The van der Waals surface area contributed by atoms with Gasteiger partial charge in [0.15, 0.2) is 0 Å². The van der Waals surface area contributed by atoms with E-state index in [4.69, 9.17) is 0 Å². The number of aryl methyl sites for hydroxylation is 1. The van der Waals surface area contributed by atoms with Crippen LogP contribution in [0.3, 0.4) is 0 Å². The second kappa shape index (κ2) is 10.9. The summed E-state index contributed by atoms with van der Waals surface area (Å²) >= 11 is 1.99. The van der Waals surface area contributed by atoms with Crippen molar-refractivity contribution in [2.45, 2.75) is 58.3 Å². The van der Waals surface area contributed by atoms with E-state index in [0.29, 0.717) is 6.04 Å². The Morgan fingerprint density at radius 2 is 1.60 bits per heavy atom. The standard InChI is InChI=1S/C25H37N3OS/c1-21-7-3-4-8-22(21)17-28-15-14-27(18-23(28)11-16-29)20-25-10-9-24(30-25)19-26-12-5-2-6-13-26/h3-4,7-10,23,29H,2,5-6,11-20H2,1H3. The van der Waals surface area contributed by atoms with Gasteiger partial charge < -0.3 is 5.11 Å². The quantitative estimate of drug-likeness (QED) is 0.687. The van der Waals surface area contributed by atoms with Crippen molar-refractivity contribution in [1.29, 1.82) is 0 Å². The van der Waals surface area contributed by atoms with E-state index in [9.17, 15) is 5.11 Å². The van der Waals surface area contributed by atoms with Crippen LogP contribution in [0.15, 0.2) is 36.4 Å². The lowest BCUT2D eigenvalue weighted by atomic mass is 10.0. The van der Waals surface area contributed by atoms with Gasteiger partial charge in [-0.1, -0.05) is 30.7 Å². The summed E-state index contributed by atoms with van der Waals surface area (Å²) in [5, 5.41) is 9.64. The zero-order valence-electron chi connectivity index (χ0n) is 18.4. The normalized spacial score (nSPS) is 21.9. The van der Waals surface area contributed by atoms with Crippen molar-refractivity contribution in [2.75, 3.05) is 39.3 Å². The predicted octanol–water partition coefficient (Wildman–Crippen LogP) is 4.11. The average molecular weight is 428 g/mol. The minimum absolute atomic E-state index is 0.266. The number of hydrogen-bond donors (Lipinski definition) is 1. The lowest BCUT2D eigenvalue weighted by Gasteiger charge is -2.41. The molecule has 4 nitrogen and oxygen atoms in total. The van der Waals surface area contributed by atoms with Crippen LogP contribution in [0.4, 0.5) is 0 Å². The van der Waals surface area contributed by atoms with E-state index >= 15 is 0 Å². The Kier molecular flexibility index (Phi) is 7.96. The number of piperidine rings is 1. The van der Waals surface area contributed by atoms with Crippen molar-refractivity contribution in [3.8, 4) is 0 Å². The molecule has 1 aromatic carbocycles. The van der Waals surface area contributed by atoms with Crippen molar-refractivity contribution < 1.29 is 5.11 Å². The highest BCUT2D eigenvalue weighted by molar-refractivity contribution is 7.11. The third-order valence-electron chi connectivity index (χ3n) is 6.71. The van der Waals surface area contributed by atoms with Gasteiger partial charge in [-0.25, -0.2) is 0 Å². The number of aliphatic hydroxyl groups is 1. The van der Waals surface area contributed by atoms with Crippen molar-refractivity contribution in [2.24, 2.45) is 0 Å². The molecule has 0 radical (unpaired) electrons. The molecule has 5 heteroatoms. The monoisotopic (exact) mass is 427 g/mol. The topological polar surface area (TPSA) is 30.0 Å². The fraction of sp³-hybridized carbons (Fsp3) is 0.600. The number of hydrogen-bond acceptors (Lipinski definition) is 5. The maximum absolute atomic E-state index is 9.64. The predicted molar refractivity (Wildman–Crippen MR) is 126 cm³/mol. The van der Waals surface area contributed by atoms with Gasteiger partial charge in [0.05, 0.1) is 0 Å². The van der Waals surface area contributed by atoms with E-state index in [-0.39, 0.29) is 6.61 Å². The molecule has 1 N–H and O–H groups in total. The van der Waals surface area contributed by atoms with Gasteiger partial charge in [-0.3, -0.25) is 14.7 Å². The zero-order valence-corrected chi connectivity index (χ0v) is 19.2. The van der Waals surface area contributed by atoms with E-state index in [1.807, 2.05) is 11.3 Å². The molecule has 0 saturated carbocycles. The summed E-state index contributed by atoms with van der Waals surface area (Å²) in [5.74, 6) is 0. The van der Waals surface area contributed by atoms with Crippen molar-refractivity contribution in [3.63, 3.8) is 0 Å². The highest BCUT2D eigenvalue weighted by Crippen LogP contribution is 2.24. The molecule has 2 aromatic rings. The molecule has 0 amide bonds. The maximum atomic E-state index is 9.64. The van der Waals surface area contributed by atoms with Crippen LogP contribution in [0.2, 0.25) is 0 Å². The van der Waals surface area contributed by atoms with Gasteiger partial charge in [0.2, 0.25) is 0 Å². The van der Waals surface area contributed by atoms with E-state index in [2.05, 4.69) is 58.0 Å². The first-order valence-electron chi connectivity index (χ1n) is 11.6. The second-order valence-corrected chi connectivity index (χ2v) is 10.3. The Morgan fingerprint density at radius 3 is 2.33 bits per heavy atom. The van der Waals surface area contributed by atoms with Gasteiger partial charge in [0.1, 0.15) is 0 Å². The van der Waals surface area contributed by atoms with E-state index in [0.717, 1.165) is 45.7 Å². The first-order chi connectivity index (χ1) is 14.7. The summed E-state index contributed by atoms with van der Waals surface area (Å²) in [5.41, 5.74) is 2.77. The largest absolute Gasteiger partial charge is 0.396 e. The molecule has 30 heavy (non-hydrogen) atoms. The van der Waals surface area contributed by atoms with Crippen LogP contribution in [0.25, 0.3) is 0 Å². The number of piperazine rings is 1. The molecule has 0 aliphatic carbocycles. The summed E-state index contributed by atoms with van der Waals surface area (Å²) in [4.78, 5) is 10.8. The summed E-state index contributed by atoms with van der Waals surface area (Å²) in [6.45, 7) is 11.4. The minimum atomic E-state index is 0.266. The van der Waals surface area contributed by atoms with Gasteiger partial charge in [0.25, 0.3) is 0 Å². The molecule has 0 bridgehead atoms. The number of benzene rings is 1. The van der Waals surface area contributed by atoms with Crippen molar-refractivity contribution in [1.82, 2.24) is 14.7 Å². The first-order valence-corrected chi connectivity index (χ1v) is 12.4. The molecule has 3 heterocycles. The van der Waals surface area contributed by atoms with Crippen LogP contribution in [0.5, 0.6) is 0 Å². The van der Waals surface area contributed by atoms with Crippen LogP contribution in [0.1, 0.15) is 46.6 Å². The number of likely N-dealkylation sites (tertiary alicyclic amines) is 1. The molecular formula is C25H37N3OS. The van der Waals surface area contributed by atoms with Gasteiger partial charge in [-0.15, -0.1) is 11.3 Å². The molecule has 2 aliphatic rings. The fourth-order valence-electron chi connectivity index (χ4n) is 4.89.